The van der Waals surface area contributed by atoms with Gasteiger partial charge in [0.15, 0.2) is 0 Å². The molecule has 1 aromatic rings. The minimum Gasteiger partial charge on any atom is -0.468 e. The van der Waals surface area contributed by atoms with E-state index in [0.29, 0.717) is 6.04 Å². The molecule has 96 valence electrons. The van der Waals surface area contributed by atoms with Gasteiger partial charge < -0.3 is 9.73 Å². The molecule has 1 atom stereocenters. The summed E-state index contributed by atoms with van der Waals surface area (Å²) in [6.45, 7) is 4.30. The number of nitrogens with one attached hydrogen (secondary N) is 1. The van der Waals surface area contributed by atoms with Crippen molar-refractivity contribution in [3.8, 4) is 0 Å². The summed E-state index contributed by atoms with van der Waals surface area (Å²) in [5, 5.41) is 3.32. The number of hydrogen-bond donors (Lipinski definition) is 1. The molecule has 1 saturated carbocycles. The number of nitrogens with zero attached hydrogens (tertiary/aromatic N) is 1. The number of likely N-dealkylation sites (N-methyl/N-ethyl adjacent to an activating group) is 1. The average molecular weight is 236 g/mol. The van der Waals surface area contributed by atoms with Crippen LogP contribution in [0, 0.1) is 0 Å². The second-order valence-corrected chi connectivity index (χ2v) is 4.98. The van der Waals surface area contributed by atoms with Crippen molar-refractivity contribution in [2.45, 2.75) is 51.2 Å². The number of furan rings is 1. The van der Waals surface area contributed by atoms with Crippen LogP contribution in [0.15, 0.2) is 22.8 Å². The maximum Gasteiger partial charge on any atom is 0.117 e. The van der Waals surface area contributed by atoms with Gasteiger partial charge in [0.25, 0.3) is 0 Å². The van der Waals surface area contributed by atoms with Crippen LogP contribution in [0.3, 0.4) is 0 Å². The maximum atomic E-state index is 5.49. The zero-order valence-corrected chi connectivity index (χ0v) is 11.0. The second-order valence-electron chi connectivity index (χ2n) is 4.98. The molecule has 1 aliphatic carbocycles. The third-order valence-corrected chi connectivity index (χ3v) is 3.47. The minimum absolute atomic E-state index is 0.641. The fraction of sp³-hybridized carbons (Fsp3) is 0.714. The zero-order chi connectivity index (χ0) is 12.1. The highest BCUT2D eigenvalue weighted by atomic mass is 16.3. The van der Waals surface area contributed by atoms with Crippen LogP contribution >= 0.6 is 0 Å². The fourth-order valence-electron chi connectivity index (χ4n) is 2.50. The highest BCUT2D eigenvalue weighted by Gasteiger charge is 2.33. The van der Waals surface area contributed by atoms with Crippen LogP contribution < -0.4 is 5.32 Å². The molecule has 17 heavy (non-hydrogen) atoms. The first-order valence-electron chi connectivity index (χ1n) is 6.78. The van der Waals surface area contributed by atoms with E-state index < -0.39 is 0 Å². The predicted octanol–water partition coefficient (Wildman–Crippen LogP) is 2.63. The number of rotatable bonds is 8. The standard InChI is InChI=1S/C14H24N2O/c1-3-5-13(10-15-2)16(12-7-8-12)11-14-6-4-9-17-14/h4,6,9,12-13,15H,3,5,7-8,10-11H2,1-2H3. The van der Waals surface area contributed by atoms with Crippen molar-refractivity contribution in [2.75, 3.05) is 13.6 Å². The first-order valence-corrected chi connectivity index (χ1v) is 6.78. The first kappa shape index (κ1) is 12.7. The molecule has 0 radical (unpaired) electrons. The lowest BCUT2D eigenvalue weighted by Gasteiger charge is -2.31. The van der Waals surface area contributed by atoms with Gasteiger partial charge in [0.1, 0.15) is 5.76 Å². The molecule has 3 heteroatoms. The Bertz CT molecular complexity index is 300. The van der Waals surface area contributed by atoms with E-state index in [1.54, 1.807) is 6.26 Å². The lowest BCUT2D eigenvalue weighted by molar-refractivity contribution is 0.153. The zero-order valence-electron chi connectivity index (χ0n) is 11.0. The lowest BCUT2D eigenvalue weighted by Crippen LogP contribution is -2.42. The summed E-state index contributed by atoms with van der Waals surface area (Å²) in [6.07, 6.45) is 6.98. The van der Waals surface area contributed by atoms with Crippen molar-refractivity contribution >= 4 is 0 Å². The molecule has 0 saturated heterocycles. The Morgan fingerprint density at radius 2 is 2.35 bits per heavy atom. The Kier molecular flexibility index (Phi) is 4.63. The van der Waals surface area contributed by atoms with Crippen LogP contribution in [-0.4, -0.2) is 30.6 Å². The molecule has 2 rings (SSSR count). The van der Waals surface area contributed by atoms with E-state index in [1.807, 2.05) is 13.1 Å². The van der Waals surface area contributed by atoms with Gasteiger partial charge in [0.05, 0.1) is 12.8 Å². The van der Waals surface area contributed by atoms with Crippen molar-refractivity contribution in [3.05, 3.63) is 24.2 Å². The van der Waals surface area contributed by atoms with Crippen LogP contribution in [0.4, 0.5) is 0 Å². The van der Waals surface area contributed by atoms with Gasteiger partial charge in [-0.15, -0.1) is 0 Å². The molecular formula is C14H24N2O. The van der Waals surface area contributed by atoms with E-state index in [4.69, 9.17) is 4.42 Å². The monoisotopic (exact) mass is 236 g/mol. The van der Waals surface area contributed by atoms with E-state index in [0.717, 1.165) is 24.9 Å². The van der Waals surface area contributed by atoms with Crippen LogP contribution in [0.25, 0.3) is 0 Å². The third kappa shape index (κ3) is 3.58. The summed E-state index contributed by atoms with van der Waals surface area (Å²) >= 11 is 0. The smallest absolute Gasteiger partial charge is 0.117 e. The highest BCUT2D eigenvalue weighted by molar-refractivity contribution is 5.01. The Balaban J connectivity index is 1.98. The van der Waals surface area contributed by atoms with Crippen molar-refractivity contribution < 1.29 is 4.42 Å². The molecule has 3 nitrogen and oxygen atoms in total. The molecule has 1 fully saturated rings. The molecule has 0 amide bonds. The van der Waals surface area contributed by atoms with Gasteiger partial charge >= 0.3 is 0 Å². The Labute approximate surface area is 104 Å². The summed E-state index contributed by atoms with van der Waals surface area (Å²) in [5.74, 6) is 1.09. The van der Waals surface area contributed by atoms with Crippen molar-refractivity contribution in [2.24, 2.45) is 0 Å². The van der Waals surface area contributed by atoms with Crippen molar-refractivity contribution in [1.82, 2.24) is 10.2 Å². The summed E-state index contributed by atoms with van der Waals surface area (Å²) < 4.78 is 5.49. The molecule has 1 N–H and O–H groups in total. The maximum absolute atomic E-state index is 5.49. The van der Waals surface area contributed by atoms with E-state index >= 15 is 0 Å². The molecule has 1 aromatic heterocycles. The molecule has 1 heterocycles. The summed E-state index contributed by atoms with van der Waals surface area (Å²) in [5.41, 5.74) is 0. The molecule has 0 bridgehead atoms. The van der Waals surface area contributed by atoms with Crippen LogP contribution in [-0.2, 0) is 6.54 Å². The highest BCUT2D eigenvalue weighted by Crippen LogP contribution is 2.31. The quantitative estimate of drug-likeness (QED) is 0.752. The predicted molar refractivity (Wildman–Crippen MR) is 69.9 cm³/mol. The largest absolute Gasteiger partial charge is 0.468 e. The van der Waals surface area contributed by atoms with Gasteiger partial charge in [-0.05, 0) is 38.4 Å². The van der Waals surface area contributed by atoms with Gasteiger partial charge in [-0.3, -0.25) is 4.90 Å². The fourth-order valence-corrected chi connectivity index (χ4v) is 2.50. The molecular weight excluding hydrogens is 212 g/mol. The molecule has 1 aliphatic rings. The Morgan fingerprint density at radius 3 is 2.88 bits per heavy atom. The average Bonchev–Trinajstić information content (AvgIpc) is 3.04. The summed E-state index contributed by atoms with van der Waals surface area (Å²) in [4.78, 5) is 2.62. The van der Waals surface area contributed by atoms with Crippen LogP contribution in [0.5, 0.6) is 0 Å². The number of hydrogen-bond acceptors (Lipinski definition) is 3. The molecule has 1 unspecified atom stereocenters. The SMILES string of the molecule is CCCC(CNC)N(Cc1ccco1)C1CC1. The van der Waals surface area contributed by atoms with Gasteiger partial charge in [-0.2, -0.15) is 0 Å². The topological polar surface area (TPSA) is 28.4 Å². The lowest BCUT2D eigenvalue weighted by atomic mass is 10.1. The Hall–Kier alpha value is -0.800. The Morgan fingerprint density at radius 1 is 1.53 bits per heavy atom. The normalized spacial score (nSPS) is 17.6. The van der Waals surface area contributed by atoms with Gasteiger partial charge in [-0.1, -0.05) is 13.3 Å². The van der Waals surface area contributed by atoms with E-state index in [-0.39, 0.29) is 0 Å². The van der Waals surface area contributed by atoms with Gasteiger partial charge in [-0.25, -0.2) is 0 Å². The molecule has 0 aromatic carbocycles. The molecule has 0 aliphatic heterocycles. The second kappa shape index (κ2) is 6.22. The van der Waals surface area contributed by atoms with Gasteiger partial charge in [0, 0.05) is 18.6 Å². The van der Waals surface area contributed by atoms with E-state index in [2.05, 4.69) is 23.2 Å². The van der Waals surface area contributed by atoms with E-state index in [9.17, 15) is 0 Å². The third-order valence-electron chi connectivity index (χ3n) is 3.47. The van der Waals surface area contributed by atoms with Gasteiger partial charge in [0.2, 0.25) is 0 Å². The first-order chi connectivity index (χ1) is 8.35. The van der Waals surface area contributed by atoms with E-state index in [1.165, 1.54) is 25.7 Å². The summed E-state index contributed by atoms with van der Waals surface area (Å²) in [6, 6.07) is 5.48. The van der Waals surface area contributed by atoms with Crippen LogP contribution in [0.1, 0.15) is 38.4 Å². The van der Waals surface area contributed by atoms with Crippen molar-refractivity contribution in [1.29, 1.82) is 0 Å². The summed E-state index contributed by atoms with van der Waals surface area (Å²) in [7, 11) is 2.04. The van der Waals surface area contributed by atoms with Crippen LogP contribution in [0.2, 0.25) is 0 Å². The molecule has 0 spiro atoms. The minimum atomic E-state index is 0.641. The van der Waals surface area contributed by atoms with Crippen molar-refractivity contribution in [3.63, 3.8) is 0 Å².